The van der Waals surface area contributed by atoms with E-state index in [1.54, 1.807) is 24.3 Å². The third-order valence-corrected chi connectivity index (χ3v) is 6.06. The van der Waals surface area contributed by atoms with Crippen LogP contribution in [0.1, 0.15) is 22.7 Å². The molecule has 4 aromatic carbocycles. The summed E-state index contributed by atoms with van der Waals surface area (Å²) in [4.78, 5) is 28.0. The number of amides is 1. The molecule has 1 aliphatic heterocycles. The number of aliphatic hydroxyl groups excluding tert-OH is 1. The SMILES string of the molecule is Cc1cccc(C2/C(=C(/O)c3ccccc3)C(=O)C(=O)N2c2ccc(Nc3ccccc3)cc2)c1. The lowest BCUT2D eigenvalue weighted by molar-refractivity contribution is -0.132. The van der Waals surface area contributed by atoms with Crippen molar-refractivity contribution in [2.75, 3.05) is 10.2 Å². The number of rotatable bonds is 5. The molecule has 2 N–H and O–H groups in total. The second kappa shape index (κ2) is 9.31. The maximum Gasteiger partial charge on any atom is 0.300 e. The molecule has 1 unspecified atom stereocenters. The van der Waals surface area contributed by atoms with E-state index in [1.807, 2.05) is 91.9 Å². The van der Waals surface area contributed by atoms with Gasteiger partial charge in [-0.3, -0.25) is 14.5 Å². The van der Waals surface area contributed by atoms with Crippen LogP contribution < -0.4 is 10.2 Å². The third kappa shape index (κ3) is 4.32. The minimum Gasteiger partial charge on any atom is -0.507 e. The van der Waals surface area contributed by atoms with Crippen LogP contribution in [0, 0.1) is 6.92 Å². The summed E-state index contributed by atoms with van der Waals surface area (Å²) in [6, 6.07) is 32.9. The van der Waals surface area contributed by atoms with Crippen molar-refractivity contribution in [1.29, 1.82) is 0 Å². The van der Waals surface area contributed by atoms with Crippen LogP contribution in [0.5, 0.6) is 0 Å². The Kier molecular flexibility index (Phi) is 5.90. The second-order valence-electron chi connectivity index (χ2n) is 8.49. The molecular formula is C30H24N2O3. The summed E-state index contributed by atoms with van der Waals surface area (Å²) in [5.74, 6) is -1.55. The first-order valence-electron chi connectivity index (χ1n) is 11.4. The molecule has 1 heterocycles. The van der Waals surface area contributed by atoms with Crippen molar-refractivity contribution >= 4 is 34.5 Å². The van der Waals surface area contributed by atoms with Gasteiger partial charge in [0.1, 0.15) is 5.76 Å². The van der Waals surface area contributed by atoms with E-state index >= 15 is 0 Å². The number of aryl methyl sites for hydroxylation is 1. The Morgan fingerprint density at radius 1 is 0.771 bits per heavy atom. The standard InChI is InChI=1S/C30H24N2O3/c1-20-9-8-12-22(19-20)27-26(28(33)21-10-4-2-5-11-21)29(34)30(35)32(27)25-17-15-24(16-18-25)31-23-13-6-3-7-14-23/h2-19,27,31,33H,1H3/b28-26-. The highest BCUT2D eigenvalue weighted by molar-refractivity contribution is 6.51. The van der Waals surface area contributed by atoms with Crippen LogP contribution in [0.3, 0.4) is 0 Å². The van der Waals surface area contributed by atoms with Gasteiger partial charge in [0.05, 0.1) is 11.6 Å². The Morgan fingerprint density at radius 3 is 2.06 bits per heavy atom. The zero-order chi connectivity index (χ0) is 24.4. The van der Waals surface area contributed by atoms with Crippen LogP contribution in [-0.2, 0) is 9.59 Å². The van der Waals surface area contributed by atoms with E-state index in [0.29, 0.717) is 11.3 Å². The number of anilines is 3. The molecule has 0 spiro atoms. The van der Waals surface area contributed by atoms with Gasteiger partial charge in [0, 0.05) is 22.6 Å². The Bertz CT molecular complexity index is 1410. The van der Waals surface area contributed by atoms with Gasteiger partial charge in [-0.25, -0.2) is 0 Å². The van der Waals surface area contributed by atoms with Crippen LogP contribution in [-0.4, -0.2) is 16.8 Å². The van der Waals surface area contributed by atoms with Crippen LogP contribution in [0.2, 0.25) is 0 Å². The Morgan fingerprint density at radius 2 is 1.40 bits per heavy atom. The molecule has 0 aliphatic carbocycles. The molecule has 0 bridgehead atoms. The molecule has 4 aromatic rings. The van der Waals surface area contributed by atoms with Crippen molar-refractivity contribution in [2.45, 2.75) is 13.0 Å². The highest BCUT2D eigenvalue weighted by atomic mass is 16.3. The number of hydrogen-bond acceptors (Lipinski definition) is 4. The molecule has 1 fully saturated rings. The van der Waals surface area contributed by atoms with Crippen molar-refractivity contribution in [3.05, 3.63) is 131 Å². The van der Waals surface area contributed by atoms with E-state index in [1.165, 1.54) is 4.90 Å². The number of carbonyl (C=O) groups excluding carboxylic acids is 2. The molecule has 1 aliphatic rings. The van der Waals surface area contributed by atoms with Gasteiger partial charge in [-0.15, -0.1) is 0 Å². The zero-order valence-electron chi connectivity index (χ0n) is 19.2. The molecule has 1 amide bonds. The van der Waals surface area contributed by atoms with Gasteiger partial charge in [-0.05, 0) is 48.9 Å². The monoisotopic (exact) mass is 460 g/mol. The van der Waals surface area contributed by atoms with Crippen LogP contribution in [0.25, 0.3) is 5.76 Å². The molecule has 0 radical (unpaired) electrons. The van der Waals surface area contributed by atoms with Crippen molar-refractivity contribution in [1.82, 2.24) is 0 Å². The van der Waals surface area contributed by atoms with Crippen molar-refractivity contribution in [3.8, 4) is 0 Å². The summed E-state index contributed by atoms with van der Waals surface area (Å²) in [6.45, 7) is 1.96. The first-order chi connectivity index (χ1) is 17.0. The molecular weight excluding hydrogens is 436 g/mol. The molecule has 5 nitrogen and oxygen atoms in total. The van der Waals surface area contributed by atoms with E-state index < -0.39 is 17.7 Å². The van der Waals surface area contributed by atoms with Gasteiger partial charge in [-0.2, -0.15) is 0 Å². The lowest BCUT2D eigenvalue weighted by atomic mass is 9.94. The topological polar surface area (TPSA) is 69.6 Å². The smallest absolute Gasteiger partial charge is 0.300 e. The van der Waals surface area contributed by atoms with Crippen molar-refractivity contribution < 1.29 is 14.7 Å². The number of benzene rings is 4. The lowest BCUT2D eigenvalue weighted by Gasteiger charge is -2.26. The number of aliphatic hydroxyl groups is 1. The van der Waals surface area contributed by atoms with E-state index in [-0.39, 0.29) is 11.3 Å². The third-order valence-electron chi connectivity index (χ3n) is 6.06. The summed E-state index contributed by atoms with van der Waals surface area (Å²) in [6.07, 6.45) is 0. The summed E-state index contributed by atoms with van der Waals surface area (Å²) in [5.41, 5.74) is 4.70. The molecule has 35 heavy (non-hydrogen) atoms. The van der Waals surface area contributed by atoms with E-state index in [4.69, 9.17) is 0 Å². The van der Waals surface area contributed by atoms with Gasteiger partial charge in [0.25, 0.3) is 11.7 Å². The van der Waals surface area contributed by atoms with E-state index in [2.05, 4.69) is 5.32 Å². The van der Waals surface area contributed by atoms with Crippen LogP contribution in [0.4, 0.5) is 17.1 Å². The summed E-state index contributed by atoms with van der Waals surface area (Å²) >= 11 is 0. The Balaban J connectivity index is 1.59. The number of ketones is 1. The van der Waals surface area contributed by atoms with Crippen LogP contribution in [0.15, 0.2) is 115 Å². The average Bonchev–Trinajstić information content (AvgIpc) is 3.15. The normalized spacial score (nSPS) is 16.9. The Hall–Kier alpha value is -4.64. The first kappa shape index (κ1) is 22.2. The maximum atomic E-state index is 13.3. The summed E-state index contributed by atoms with van der Waals surface area (Å²) in [7, 11) is 0. The zero-order valence-corrected chi connectivity index (χ0v) is 19.2. The predicted octanol–water partition coefficient (Wildman–Crippen LogP) is 6.36. The molecule has 0 saturated carbocycles. The molecule has 0 aromatic heterocycles. The van der Waals surface area contributed by atoms with Gasteiger partial charge in [-0.1, -0.05) is 78.4 Å². The average molecular weight is 461 g/mol. The predicted molar refractivity (Wildman–Crippen MR) is 139 cm³/mol. The molecule has 5 heteroatoms. The van der Waals surface area contributed by atoms with Gasteiger partial charge >= 0.3 is 0 Å². The highest BCUT2D eigenvalue weighted by Gasteiger charge is 2.46. The summed E-state index contributed by atoms with van der Waals surface area (Å²) < 4.78 is 0. The fourth-order valence-electron chi connectivity index (χ4n) is 4.40. The number of Topliss-reactive ketones (excluding diaryl/α,β-unsaturated/α-hetero) is 1. The van der Waals surface area contributed by atoms with Crippen molar-refractivity contribution in [2.24, 2.45) is 0 Å². The molecule has 1 saturated heterocycles. The maximum absolute atomic E-state index is 13.3. The summed E-state index contributed by atoms with van der Waals surface area (Å²) in [5, 5.41) is 14.5. The molecule has 1 atom stereocenters. The number of para-hydroxylation sites is 1. The first-order valence-corrected chi connectivity index (χ1v) is 11.4. The van der Waals surface area contributed by atoms with Gasteiger partial charge in [0.2, 0.25) is 0 Å². The largest absolute Gasteiger partial charge is 0.507 e. The quantitative estimate of drug-likeness (QED) is 0.206. The number of nitrogens with zero attached hydrogens (tertiary/aromatic N) is 1. The lowest BCUT2D eigenvalue weighted by Crippen LogP contribution is -2.29. The highest BCUT2D eigenvalue weighted by Crippen LogP contribution is 2.42. The number of hydrogen-bond donors (Lipinski definition) is 2. The van der Waals surface area contributed by atoms with Crippen molar-refractivity contribution in [3.63, 3.8) is 0 Å². The molecule has 172 valence electrons. The fraction of sp³-hybridized carbons (Fsp3) is 0.0667. The van der Waals surface area contributed by atoms with E-state index in [9.17, 15) is 14.7 Å². The minimum absolute atomic E-state index is 0.0817. The fourth-order valence-corrected chi connectivity index (χ4v) is 4.40. The van der Waals surface area contributed by atoms with Gasteiger partial charge < -0.3 is 10.4 Å². The van der Waals surface area contributed by atoms with Crippen LogP contribution >= 0.6 is 0 Å². The second-order valence-corrected chi connectivity index (χ2v) is 8.49. The Labute approximate surface area is 204 Å². The minimum atomic E-state index is -0.747. The number of carbonyl (C=O) groups is 2. The van der Waals surface area contributed by atoms with E-state index in [0.717, 1.165) is 22.5 Å². The molecule has 5 rings (SSSR count). The van der Waals surface area contributed by atoms with Gasteiger partial charge in [0.15, 0.2) is 0 Å². The number of nitrogens with one attached hydrogen (secondary N) is 1.